The van der Waals surface area contributed by atoms with Gasteiger partial charge in [0.15, 0.2) is 11.6 Å². The Morgan fingerprint density at radius 1 is 0.905 bits per heavy atom. The van der Waals surface area contributed by atoms with Crippen LogP contribution in [0, 0.1) is 17.8 Å². The summed E-state index contributed by atoms with van der Waals surface area (Å²) in [7, 11) is 0. The Morgan fingerprint density at radius 3 is 1.81 bits per heavy atom. The Kier molecular flexibility index (Phi) is 2.75. The van der Waals surface area contributed by atoms with Crippen molar-refractivity contribution in [2.24, 2.45) is 17.8 Å². The highest BCUT2D eigenvalue weighted by atomic mass is 16.1. The van der Waals surface area contributed by atoms with Crippen LogP contribution in [0.4, 0.5) is 0 Å². The van der Waals surface area contributed by atoms with Gasteiger partial charge in [-0.2, -0.15) is 0 Å². The predicted octanol–water partition coefficient (Wildman–Crippen LogP) is 3.55. The number of allylic oxidation sites excluding steroid dienone is 3. The third-order valence-corrected chi connectivity index (χ3v) is 5.27. The highest BCUT2D eigenvalue weighted by molar-refractivity contribution is 6.16. The molecule has 0 spiro atoms. The monoisotopic (exact) mass is 278 g/mol. The van der Waals surface area contributed by atoms with Crippen molar-refractivity contribution in [2.75, 3.05) is 0 Å². The topological polar surface area (TPSA) is 34.1 Å². The summed E-state index contributed by atoms with van der Waals surface area (Å²) in [6.07, 6.45) is 9.37. The molecule has 2 atom stereocenters. The maximum absolute atomic E-state index is 12.7. The Bertz CT molecular complexity index is 641. The minimum Gasteiger partial charge on any atom is -0.294 e. The minimum atomic E-state index is -0.135. The second kappa shape index (κ2) is 4.52. The van der Waals surface area contributed by atoms with E-state index in [2.05, 4.69) is 6.58 Å². The fourth-order valence-corrected chi connectivity index (χ4v) is 4.07. The molecular formula is C19H18O2. The summed E-state index contributed by atoms with van der Waals surface area (Å²) >= 11 is 0. The van der Waals surface area contributed by atoms with Gasteiger partial charge in [-0.3, -0.25) is 9.59 Å². The molecule has 1 aromatic carbocycles. The van der Waals surface area contributed by atoms with E-state index >= 15 is 0 Å². The van der Waals surface area contributed by atoms with E-state index in [0.717, 1.165) is 12.8 Å². The molecule has 0 saturated carbocycles. The van der Waals surface area contributed by atoms with E-state index in [0.29, 0.717) is 29.9 Å². The first-order valence-electron chi connectivity index (χ1n) is 7.71. The van der Waals surface area contributed by atoms with Crippen LogP contribution in [0.2, 0.25) is 0 Å². The molecule has 4 rings (SSSR count). The van der Waals surface area contributed by atoms with Crippen molar-refractivity contribution in [3.8, 4) is 0 Å². The largest absolute Gasteiger partial charge is 0.294 e. The third-order valence-electron chi connectivity index (χ3n) is 5.27. The second-order valence-corrected chi connectivity index (χ2v) is 6.45. The normalized spacial score (nSPS) is 29.8. The van der Waals surface area contributed by atoms with Crippen LogP contribution in [0.25, 0.3) is 0 Å². The standard InChI is InChI=1S/C19H18O2/c1-2-11-7-12-9-16-17(10-13(12)8-11)19(21)15-6-4-3-5-14(15)18(16)20/h2-4,9-11,14-15H,1,5-8H2. The number of carbonyl (C=O) groups is 2. The van der Waals surface area contributed by atoms with E-state index in [-0.39, 0.29) is 23.4 Å². The van der Waals surface area contributed by atoms with E-state index < -0.39 is 0 Å². The molecule has 3 aliphatic carbocycles. The fourth-order valence-electron chi connectivity index (χ4n) is 4.07. The number of ketones is 2. The van der Waals surface area contributed by atoms with Crippen LogP contribution < -0.4 is 0 Å². The molecule has 0 bridgehead atoms. The van der Waals surface area contributed by atoms with Crippen LogP contribution >= 0.6 is 0 Å². The van der Waals surface area contributed by atoms with Crippen molar-refractivity contribution < 1.29 is 9.59 Å². The first kappa shape index (κ1) is 12.8. The van der Waals surface area contributed by atoms with Crippen molar-refractivity contribution in [3.05, 3.63) is 59.2 Å². The maximum atomic E-state index is 12.7. The SMILES string of the molecule is C=CC1Cc2cc3c(cc2C1)C(=O)C1CC=CCC1C3=O. The van der Waals surface area contributed by atoms with Gasteiger partial charge in [-0.25, -0.2) is 0 Å². The lowest BCUT2D eigenvalue weighted by Crippen LogP contribution is -2.37. The molecular weight excluding hydrogens is 260 g/mol. The number of Topliss-reactive ketones (excluding diaryl/α,β-unsaturated/α-hetero) is 2. The summed E-state index contributed by atoms with van der Waals surface area (Å²) in [6.45, 7) is 3.87. The van der Waals surface area contributed by atoms with Gasteiger partial charge in [0.25, 0.3) is 0 Å². The van der Waals surface area contributed by atoms with Crippen molar-refractivity contribution >= 4 is 11.6 Å². The Balaban J connectivity index is 1.83. The van der Waals surface area contributed by atoms with E-state index in [4.69, 9.17) is 0 Å². The molecule has 2 unspecified atom stereocenters. The van der Waals surface area contributed by atoms with Crippen LogP contribution in [0.5, 0.6) is 0 Å². The molecule has 0 aromatic heterocycles. The van der Waals surface area contributed by atoms with Crippen LogP contribution in [-0.2, 0) is 12.8 Å². The van der Waals surface area contributed by atoms with Crippen molar-refractivity contribution in [1.82, 2.24) is 0 Å². The summed E-state index contributed by atoms with van der Waals surface area (Å²) in [5.74, 6) is 0.514. The minimum absolute atomic E-state index is 0.135. The lowest BCUT2D eigenvalue weighted by Gasteiger charge is -2.32. The molecule has 21 heavy (non-hydrogen) atoms. The zero-order valence-corrected chi connectivity index (χ0v) is 12.0. The quantitative estimate of drug-likeness (QED) is 0.736. The lowest BCUT2D eigenvalue weighted by atomic mass is 9.69. The summed E-state index contributed by atoms with van der Waals surface area (Å²) < 4.78 is 0. The molecule has 3 aliphatic rings. The third kappa shape index (κ3) is 1.78. The van der Waals surface area contributed by atoms with Crippen LogP contribution in [0.3, 0.4) is 0 Å². The first-order valence-corrected chi connectivity index (χ1v) is 7.71. The van der Waals surface area contributed by atoms with Crippen LogP contribution in [-0.4, -0.2) is 11.6 Å². The smallest absolute Gasteiger partial charge is 0.167 e. The maximum Gasteiger partial charge on any atom is 0.167 e. The van der Waals surface area contributed by atoms with Crippen molar-refractivity contribution in [1.29, 1.82) is 0 Å². The number of rotatable bonds is 1. The first-order chi connectivity index (χ1) is 10.2. The van der Waals surface area contributed by atoms with Crippen molar-refractivity contribution in [2.45, 2.75) is 25.7 Å². The average Bonchev–Trinajstić information content (AvgIpc) is 2.93. The summed E-state index contributed by atoms with van der Waals surface area (Å²) in [5.41, 5.74) is 3.79. The Labute approximate surface area is 124 Å². The summed E-state index contributed by atoms with van der Waals surface area (Å²) in [6, 6.07) is 3.98. The summed E-state index contributed by atoms with van der Waals surface area (Å²) in [5, 5.41) is 0. The van der Waals surface area contributed by atoms with Gasteiger partial charge in [0.05, 0.1) is 0 Å². The molecule has 2 nitrogen and oxygen atoms in total. The van der Waals surface area contributed by atoms with E-state index in [1.807, 2.05) is 30.4 Å². The van der Waals surface area contributed by atoms with E-state index in [9.17, 15) is 9.59 Å². The molecule has 106 valence electrons. The second-order valence-electron chi connectivity index (χ2n) is 6.45. The molecule has 2 heteroatoms. The van der Waals surface area contributed by atoms with E-state index in [1.54, 1.807) is 0 Å². The number of carbonyl (C=O) groups excluding carboxylic acids is 2. The molecule has 0 amide bonds. The number of fused-ring (bicyclic) bond motifs is 3. The zero-order valence-electron chi connectivity index (χ0n) is 12.0. The van der Waals surface area contributed by atoms with Crippen LogP contribution in [0.1, 0.15) is 44.7 Å². The molecule has 0 radical (unpaired) electrons. The van der Waals surface area contributed by atoms with Gasteiger partial charge in [0, 0.05) is 23.0 Å². The van der Waals surface area contributed by atoms with Gasteiger partial charge < -0.3 is 0 Å². The molecule has 0 N–H and O–H groups in total. The van der Waals surface area contributed by atoms with Gasteiger partial charge >= 0.3 is 0 Å². The van der Waals surface area contributed by atoms with Crippen LogP contribution in [0.15, 0.2) is 36.9 Å². The highest BCUT2D eigenvalue weighted by Gasteiger charge is 2.42. The zero-order chi connectivity index (χ0) is 14.6. The number of hydrogen-bond acceptors (Lipinski definition) is 2. The molecule has 0 saturated heterocycles. The molecule has 0 aliphatic heterocycles. The Morgan fingerprint density at radius 2 is 1.38 bits per heavy atom. The highest BCUT2D eigenvalue weighted by Crippen LogP contribution is 2.40. The number of hydrogen-bond donors (Lipinski definition) is 0. The van der Waals surface area contributed by atoms with Gasteiger partial charge in [0.2, 0.25) is 0 Å². The molecule has 0 fully saturated rings. The van der Waals surface area contributed by atoms with E-state index in [1.165, 1.54) is 11.1 Å². The van der Waals surface area contributed by atoms with Gasteiger partial charge in [0.1, 0.15) is 0 Å². The predicted molar refractivity (Wildman–Crippen MR) is 81.6 cm³/mol. The fraction of sp³-hybridized carbons (Fsp3) is 0.368. The summed E-state index contributed by atoms with van der Waals surface area (Å²) in [4.78, 5) is 25.5. The van der Waals surface area contributed by atoms with Gasteiger partial charge in [-0.05, 0) is 54.9 Å². The van der Waals surface area contributed by atoms with Crippen molar-refractivity contribution in [3.63, 3.8) is 0 Å². The Hall–Kier alpha value is -1.96. The number of benzene rings is 1. The molecule has 1 aromatic rings. The van der Waals surface area contributed by atoms with Gasteiger partial charge in [-0.1, -0.05) is 18.2 Å². The average molecular weight is 278 g/mol. The molecule has 0 heterocycles. The lowest BCUT2D eigenvalue weighted by molar-refractivity contribution is 0.0729. The van der Waals surface area contributed by atoms with Gasteiger partial charge in [-0.15, -0.1) is 6.58 Å².